The minimum Gasteiger partial charge on any atom is -0.387 e. The molecule has 2 aromatic carbocycles. The van der Waals surface area contributed by atoms with Gasteiger partial charge in [-0.15, -0.1) is 11.8 Å². The van der Waals surface area contributed by atoms with E-state index in [0.717, 1.165) is 4.90 Å². The van der Waals surface area contributed by atoms with Crippen LogP contribution in [0.5, 0.6) is 0 Å². The summed E-state index contributed by atoms with van der Waals surface area (Å²) in [7, 11) is 0. The summed E-state index contributed by atoms with van der Waals surface area (Å²) in [5, 5.41) is 10.5. The van der Waals surface area contributed by atoms with Crippen LogP contribution in [0.15, 0.2) is 47.4 Å². The Labute approximate surface area is 121 Å². The largest absolute Gasteiger partial charge is 0.387 e. The lowest BCUT2D eigenvalue weighted by Crippen LogP contribution is -2.02. The van der Waals surface area contributed by atoms with Crippen LogP contribution < -0.4 is 0 Å². The van der Waals surface area contributed by atoms with Crippen LogP contribution in [-0.4, -0.2) is 10.9 Å². The van der Waals surface area contributed by atoms with Crippen molar-refractivity contribution in [1.29, 1.82) is 0 Å². The minimum absolute atomic E-state index is 0.388. The maximum atomic E-state index is 13.1. The Morgan fingerprint density at radius 1 is 1.26 bits per heavy atom. The molecule has 0 aliphatic rings. The molecule has 0 heterocycles. The van der Waals surface area contributed by atoms with Gasteiger partial charge in [-0.1, -0.05) is 29.3 Å². The lowest BCUT2D eigenvalue weighted by molar-refractivity contribution is 0.203. The van der Waals surface area contributed by atoms with Crippen LogP contribution in [0.25, 0.3) is 0 Å². The predicted octanol–water partition coefficient (Wildman–Crippen LogP) is 4.61. The molecule has 0 radical (unpaired) electrons. The molecule has 1 atom stereocenters. The smallest absolute Gasteiger partial charge is 0.123 e. The third kappa shape index (κ3) is 3.96. The fourth-order valence-electron chi connectivity index (χ4n) is 1.74. The second kappa shape index (κ2) is 6.42. The van der Waals surface area contributed by atoms with Gasteiger partial charge in [0.2, 0.25) is 0 Å². The van der Waals surface area contributed by atoms with Crippen LogP contribution >= 0.6 is 23.4 Å². The van der Waals surface area contributed by atoms with E-state index >= 15 is 0 Å². The quantitative estimate of drug-likeness (QED) is 0.831. The van der Waals surface area contributed by atoms with Crippen molar-refractivity contribution in [3.8, 4) is 0 Å². The number of rotatable bonds is 4. The number of hydrogen-bond acceptors (Lipinski definition) is 2. The fraction of sp³-hybridized carbons (Fsp3) is 0.200. The Hall–Kier alpha value is -1.03. The zero-order valence-corrected chi connectivity index (χ0v) is 12.0. The van der Waals surface area contributed by atoms with Gasteiger partial charge in [0.25, 0.3) is 0 Å². The number of thioether (sulfide) groups is 1. The van der Waals surface area contributed by atoms with Gasteiger partial charge in [-0.3, -0.25) is 0 Å². The van der Waals surface area contributed by atoms with Crippen molar-refractivity contribution in [2.24, 2.45) is 0 Å². The summed E-state index contributed by atoms with van der Waals surface area (Å²) in [6, 6.07) is 12.0. The van der Waals surface area contributed by atoms with Crippen molar-refractivity contribution in [1.82, 2.24) is 0 Å². The van der Waals surface area contributed by atoms with Crippen LogP contribution in [-0.2, 0) is 0 Å². The van der Waals surface area contributed by atoms with E-state index in [1.165, 1.54) is 35.5 Å². The van der Waals surface area contributed by atoms with Gasteiger partial charge in [0.1, 0.15) is 5.82 Å². The van der Waals surface area contributed by atoms with E-state index in [-0.39, 0.29) is 5.82 Å². The van der Waals surface area contributed by atoms with Crippen LogP contribution in [0.1, 0.15) is 17.2 Å². The van der Waals surface area contributed by atoms with Crippen LogP contribution in [0.2, 0.25) is 5.02 Å². The lowest BCUT2D eigenvalue weighted by atomic mass is 10.1. The number of aliphatic hydroxyl groups excluding tert-OH is 1. The van der Waals surface area contributed by atoms with Crippen LogP contribution in [0.4, 0.5) is 4.39 Å². The Kier molecular flexibility index (Phi) is 4.86. The minimum atomic E-state index is -0.784. The van der Waals surface area contributed by atoms with Crippen LogP contribution in [0, 0.1) is 12.7 Å². The maximum Gasteiger partial charge on any atom is 0.123 e. The lowest BCUT2D eigenvalue weighted by Gasteiger charge is -2.12. The first-order valence-corrected chi connectivity index (χ1v) is 7.25. The van der Waals surface area contributed by atoms with E-state index in [0.29, 0.717) is 16.3 Å². The highest BCUT2D eigenvalue weighted by Gasteiger charge is 2.13. The molecule has 0 aromatic heterocycles. The highest BCUT2D eigenvalue weighted by Crippen LogP contribution is 2.29. The van der Waals surface area contributed by atoms with Crippen molar-refractivity contribution in [3.63, 3.8) is 0 Å². The SMILES string of the molecule is Cc1cccc(SCC(O)c2cc(F)ccc2Cl)c1. The number of hydrogen-bond donors (Lipinski definition) is 1. The number of aryl methyl sites for hydroxylation is 1. The summed E-state index contributed by atoms with van der Waals surface area (Å²) in [4.78, 5) is 1.08. The van der Waals surface area contributed by atoms with Crippen molar-refractivity contribution in [2.75, 3.05) is 5.75 Å². The monoisotopic (exact) mass is 296 g/mol. The average Bonchev–Trinajstić information content (AvgIpc) is 2.39. The van der Waals surface area contributed by atoms with Crippen molar-refractivity contribution in [2.45, 2.75) is 17.9 Å². The van der Waals surface area contributed by atoms with Gasteiger partial charge in [0.15, 0.2) is 0 Å². The maximum absolute atomic E-state index is 13.1. The van der Waals surface area contributed by atoms with Gasteiger partial charge >= 0.3 is 0 Å². The molecular formula is C15H14ClFOS. The van der Waals surface area contributed by atoms with E-state index in [2.05, 4.69) is 0 Å². The van der Waals surface area contributed by atoms with Gasteiger partial charge in [0.05, 0.1) is 6.10 Å². The molecular weight excluding hydrogens is 283 g/mol. The Balaban J connectivity index is 2.05. The van der Waals surface area contributed by atoms with Gasteiger partial charge in [-0.05, 0) is 37.3 Å². The van der Waals surface area contributed by atoms with E-state index in [1.54, 1.807) is 0 Å². The van der Waals surface area contributed by atoms with Crippen molar-refractivity contribution >= 4 is 23.4 Å². The molecule has 4 heteroatoms. The predicted molar refractivity (Wildman–Crippen MR) is 78.3 cm³/mol. The van der Waals surface area contributed by atoms with Gasteiger partial charge < -0.3 is 5.11 Å². The van der Waals surface area contributed by atoms with Gasteiger partial charge in [-0.2, -0.15) is 0 Å². The molecule has 0 spiro atoms. The Bertz CT molecular complexity index is 574. The Morgan fingerprint density at radius 3 is 2.79 bits per heavy atom. The summed E-state index contributed by atoms with van der Waals surface area (Å²) >= 11 is 7.48. The van der Waals surface area contributed by atoms with Crippen molar-refractivity contribution < 1.29 is 9.50 Å². The second-order valence-electron chi connectivity index (χ2n) is 4.31. The third-order valence-electron chi connectivity index (χ3n) is 2.71. The number of benzene rings is 2. The molecule has 0 saturated heterocycles. The van der Waals surface area contributed by atoms with E-state index < -0.39 is 6.10 Å². The zero-order valence-electron chi connectivity index (χ0n) is 10.4. The topological polar surface area (TPSA) is 20.2 Å². The summed E-state index contributed by atoms with van der Waals surface area (Å²) in [5.41, 5.74) is 1.60. The average molecular weight is 297 g/mol. The molecule has 0 amide bonds. The molecule has 2 aromatic rings. The molecule has 2 rings (SSSR count). The summed E-state index contributed by atoms with van der Waals surface area (Å²) in [6.45, 7) is 2.02. The summed E-state index contributed by atoms with van der Waals surface area (Å²) in [6.07, 6.45) is -0.784. The normalized spacial score (nSPS) is 12.4. The molecule has 19 heavy (non-hydrogen) atoms. The van der Waals surface area contributed by atoms with E-state index in [1.807, 2.05) is 31.2 Å². The van der Waals surface area contributed by atoms with Gasteiger partial charge in [0, 0.05) is 21.2 Å². The first kappa shape index (κ1) is 14.4. The molecule has 0 aliphatic heterocycles. The highest BCUT2D eigenvalue weighted by molar-refractivity contribution is 7.99. The van der Waals surface area contributed by atoms with E-state index in [9.17, 15) is 9.50 Å². The van der Waals surface area contributed by atoms with Crippen molar-refractivity contribution in [3.05, 3.63) is 64.4 Å². The van der Waals surface area contributed by atoms with E-state index in [4.69, 9.17) is 11.6 Å². The molecule has 1 nitrogen and oxygen atoms in total. The fourth-order valence-corrected chi connectivity index (χ4v) is 2.96. The molecule has 0 fully saturated rings. The summed E-state index contributed by atoms with van der Waals surface area (Å²) in [5.74, 6) is 0.0473. The molecule has 0 bridgehead atoms. The first-order valence-electron chi connectivity index (χ1n) is 5.89. The zero-order chi connectivity index (χ0) is 13.8. The standard InChI is InChI=1S/C15H14ClFOS/c1-10-3-2-4-12(7-10)19-9-15(18)13-8-11(17)5-6-14(13)16/h2-8,15,18H,9H2,1H3. The molecule has 1 N–H and O–H groups in total. The third-order valence-corrected chi connectivity index (χ3v) is 4.13. The van der Waals surface area contributed by atoms with Gasteiger partial charge in [-0.25, -0.2) is 4.39 Å². The summed E-state index contributed by atoms with van der Waals surface area (Å²) < 4.78 is 13.1. The number of halogens is 2. The Morgan fingerprint density at radius 2 is 2.05 bits per heavy atom. The first-order chi connectivity index (χ1) is 9.06. The molecule has 100 valence electrons. The number of aliphatic hydroxyl groups is 1. The second-order valence-corrected chi connectivity index (χ2v) is 5.81. The molecule has 0 saturated carbocycles. The highest BCUT2D eigenvalue weighted by atomic mass is 35.5. The molecule has 0 aliphatic carbocycles. The molecule has 1 unspecified atom stereocenters. The van der Waals surface area contributed by atoms with Crippen LogP contribution in [0.3, 0.4) is 0 Å².